The lowest BCUT2D eigenvalue weighted by Crippen LogP contribution is -2.48. The summed E-state index contributed by atoms with van der Waals surface area (Å²) in [5.41, 5.74) is 3.16. The van der Waals surface area contributed by atoms with E-state index < -0.39 is 0 Å². The molecule has 1 atom stereocenters. The maximum absolute atomic E-state index is 12.9. The molecule has 156 valence electrons. The van der Waals surface area contributed by atoms with E-state index in [9.17, 15) is 4.79 Å². The Kier molecular flexibility index (Phi) is 5.90. The van der Waals surface area contributed by atoms with Gasteiger partial charge in [-0.3, -0.25) is 4.90 Å². The number of hydrogen-bond donors (Lipinski definition) is 1. The Balaban J connectivity index is 1.86. The molecule has 1 N–H and O–H groups in total. The first-order valence-corrected chi connectivity index (χ1v) is 10.4. The molecule has 7 heteroatoms. The summed E-state index contributed by atoms with van der Waals surface area (Å²) in [5, 5.41) is 3.87. The van der Waals surface area contributed by atoms with E-state index in [1.807, 2.05) is 53.4 Å². The molecule has 2 aromatic rings. The van der Waals surface area contributed by atoms with Crippen molar-refractivity contribution in [2.75, 3.05) is 25.2 Å². The number of carbonyl (C=O) groups excluding carboxylic acids is 1. The molecule has 4 rings (SSSR count). The number of nitrogens with zero attached hydrogens (tertiary/aromatic N) is 1. The van der Waals surface area contributed by atoms with E-state index in [1.54, 1.807) is 0 Å². The molecule has 0 spiro atoms. The van der Waals surface area contributed by atoms with Gasteiger partial charge in [-0.25, -0.2) is 4.79 Å². The molecule has 0 saturated carbocycles. The number of rotatable bonds is 5. The highest BCUT2D eigenvalue weighted by Crippen LogP contribution is 2.40. The first-order chi connectivity index (χ1) is 14.6. The van der Waals surface area contributed by atoms with E-state index in [-0.39, 0.29) is 12.0 Å². The van der Waals surface area contributed by atoms with Crippen molar-refractivity contribution in [1.29, 1.82) is 0 Å². The van der Waals surface area contributed by atoms with Gasteiger partial charge >= 0.3 is 5.97 Å². The zero-order valence-corrected chi connectivity index (χ0v) is 17.8. The van der Waals surface area contributed by atoms with Crippen LogP contribution in [0.5, 0.6) is 11.5 Å². The van der Waals surface area contributed by atoms with Crippen molar-refractivity contribution in [3.05, 3.63) is 65.4 Å². The van der Waals surface area contributed by atoms with E-state index >= 15 is 0 Å². The summed E-state index contributed by atoms with van der Waals surface area (Å²) in [7, 11) is 1.41. The van der Waals surface area contributed by atoms with Gasteiger partial charge in [-0.2, -0.15) is 0 Å². The van der Waals surface area contributed by atoms with E-state index in [4.69, 9.17) is 26.4 Å². The summed E-state index contributed by atoms with van der Waals surface area (Å²) in [6, 6.07) is 15.1. The van der Waals surface area contributed by atoms with Gasteiger partial charge in [0.15, 0.2) is 16.6 Å². The minimum Gasteiger partial charge on any atom is -0.486 e. The van der Waals surface area contributed by atoms with Gasteiger partial charge in [0.1, 0.15) is 13.2 Å². The molecule has 2 aromatic carbocycles. The van der Waals surface area contributed by atoms with Crippen LogP contribution in [0.1, 0.15) is 31.4 Å². The van der Waals surface area contributed by atoms with Crippen LogP contribution in [0, 0.1) is 0 Å². The number of benzene rings is 2. The average Bonchev–Trinajstić information content (AvgIpc) is 2.79. The molecule has 0 unspecified atom stereocenters. The van der Waals surface area contributed by atoms with Crippen LogP contribution in [0.3, 0.4) is 0 Å². The fourth-order valence-electron chi connectivity index (χ4n) is 3.84. The highest BCUT2D eigenvalue weighted by Gasteiger charge is 2.36. The van der Waals surface area contributed by atoms with Crippen molar-refractivity contribution in [2.45, 2.75) is 25.8 Å². The smallest absolute Gasteiger partial charge is 0.337 e. The third-order valence-electron chi connectivity index (χ3n) is 5.15. The summed E-state index contributed by atoms with van der Waals surface area (Å²) >= 11 is 5.76. The Morgan fingerprint density at radius 3 is 2.60 bits per heavy atom. The van der Waals surface area contributed by atoms with Crippen molar-refractivity contribution >= 4 is 29.0 Å². The van der Waals surface area contributed by atoms with Crippen LogP contribution in [-0.2, 0) is 9.53 Å². The Labute approximate surface area is 181 Å². The molecule has 0 bridgehead atoms. The number of ether oxygens (including phenoxy) is 3. The summed E-state index contributed by atoms with van der Waals surface area (Å²) in [6.07, 6.45) is 1.52. The van der Waals surface area contributed by atoms with Crippen LogP contribution in [0.4, 0.5) is 5.69 Å². The van der Waals surface area contributed by atoms with Gasteiger partial charge in [0.25, 0.3) is 0 Å². The number of thiocarbonyl (C=S) groups is 1. The van der Waals surface area contributed by atoms with Gasteiger partial charge in [-0.15, -0.1) is 0 Å². The lowest BCUT2D eigenvalue weighted by atomic mass is 9.93. The maximum atomic E-state index is 12.9. The second kappa shape index (κ2) is 8.75. The van der Waals surface area contributed by atoms with Crippen molar-refractivity contribution in [1.82, 2.24) is 5.32 Å². The molecule has 30 heavy (non-hydrogen) atoms. The lowest BCUT2D eigenvalue weighted by molar-refractivity contribution is -0.136. The number of nitrogens with one attached hydrogen (secondary N) is 1. The number of allylic oxidation sites excluding steroid dienone is 1. The highest BCUT2D eigenvalue weighted by molar-refractivity contribution is 7.80. The molecule has 2 heterocycles. The molecule has 0 amide bonds. The van der Waals surface area contributed by atoms with Crippen LogP contribution in [0.25, 0.3) is 0 Å². The Morgan fingerprint density at radius 1 is 1.17 bits per heavy atom. The summed E-state index contributed by atoms with van der Waals surface area (Å²) in [6.45, 7) is 3.11. The fourth-order valence-corrected chi connectivity index (χ4v) is 4.17. The van der Waals surface area contributed by atoms with Gasteiger partial charge in [-0.05, 0) is 36.3 Å². The Morgan fingerprint density at radius 2 is 1.90 bits per heavy atom. The van der Waals surface area contributed by atoms with Gasteiger partial charge < -0.3 is 19.5 Å². The van der Waals surface area contributed by atoms with Crippen molar-refractivity contribution < 1.29 is 19.0 Å². The van der Waals surface area contributed by atoms with Crippen LogP contribution in [-0.4, -0.2) is 31.4 Å². The molecule has 0 radical (unpaired) electrons. The first-order valence-electron chi connectivity index (χ1n) is 10.0. The van der Waals surface area contributed by atoms with Crippen LogP contribution in [0.15, 0.2) is 59.8 Å². The second-order valence-corrected chi connectivity index (χ2v) is 7.45. The zero-order chi connectivity index (χ0) is 21.1. The molecular formula is C23H24N2O4S. The van der Waals surface area contributed by atoms with E-state index in [0.29, 0.717) is 41.8 Å². The van der Waals surface area contributed by atoms with Gasteiger partial charge in [0.2, 0.25) is 0 Å². The molecule has 2 aliphatic heterocycles. The van der Waals surface area contributed by atoms with Gasteiger partial charge in [0.05, 0.1) is 24.4 Å². The Hall–Kier alpha value is -3.06. The minimum absolute atomic E-state index is 0.371. The van der Waals surface area contributed by atoms with Crippen LogP contribution >= 0.6 is 12.2 Å². The van der Waals surface area contributed by atoms with E-state index in [0.717, 1.165) is 23.4 Å². The van der Waals surface area contributed by atoms with Crippen LogP contribution in [0.2, 0.25) is 0 Å². The molecule has 0 aromatic heterocycles. The largest absolute Gasteiger partial charge is 0.486 e. The second-order valence-electron chi connectivity index (χ2n) is 7.06. The zero-order valence-electron chi connectivity index (χ0n) is 17.0. The standard InChI is InChI=1S/C23H24N2O4S/c1-3-7-17-20(22(26)27-2)21(15-8-5-4-6-9-15)24-23(30)25(17)16-10-11-18-19(14-16)29-13-12-28-18/h4-6,8-11,14,21H,3,7,12-13H2,1-2H3,(H,24,30)/t21-/m0/s1. The molecule has 0 aliphatic carbocycles. The molecule has 2 aliphatic rings. The van der Waals surface area contributed by atoms with E-state index in [2.05, 4.69) is 12.2 Å². The highest BCUT2D eigenvalue weighted by atomic mass is 32.1. The monoisotopic (exact) mass is 424 g/mol. The average molecular weight is 425 g/mol. The number of hydrogen-bond acceptors (Lipinski definition) is 5. The van der Waals surface area contributed by atoms with Crippen molar-refractivity contribution in [2.24, 2.45) is 0 Å². The van der Waals surface area contributed by atoms with Gasteiger partial charge in [0, 0.05) is 11.8 Å². The maximum Gasteiger partial charge on any atom is 0.337 e. The molecule has 6 nitrogen and oxygen atoms in total. The number of anilines is 1. The summed E-state index contributed by atoms with van der Waals surface area (Å²) in [5.74, 6) is 1.00. The Bertz CT molecular complexity index is 990. The number of carbonyl (C=O) groups is 1. The van der Waals surface area contributed by atoms with Gasteiger partial charge in [-0.1, -0.05) is 43.7 Å². The quantitative estimate of drug-likeness (QED) is 0.572. The third-order valence-corrected chi connectivity index (χ3v) is 5.45. The van der Waals surface area contributed by atoms with Crippen LogP contribution < -0.4 is 19.7 Å². The number of esters is 1. The van der Waals surface area contributed by atoms with E-state index in [1.165, 1.54) is 7.11 Å². The van der Waals surface area contributed by atoms with Crippen molar-refractivity contribution in [3.8, 4) is 11.5 Å². The predicted molar refractivity (Wildman–Crippen MR) is 119 cm³/mol. The SMILES string of the molecule is CCCC1=C(C(=O)OC)[C@H](c2ccccc2)NC(=S)N1c1ccc2c(c1)OCCO2. The normalized spacial score (nSPS) is 18.1. The predicted octanol–water partition coefficient (Wildman–Crippen LogP) is 4.12. The molecule has 0 saturated heterocycles. The summed E-state index contributed by atoms with van der Waals surface area (Å²) < 4.78 is 16.6. The number of methoxy groups -OCH3 is 1. The molecule has 0 fully saturated rings. The minimum atomic E-state index is -0.374. The number of fused-ring (bicyclic) bond motifs is 1. The fraction of sp³-hybridized carbons (Fsp3) is 0.304. The third kappa shape index (κ3) is 3.73. The topological polar surface area (TPSA) is 60.0 Å². The van der Waals surface area contributed by atoms with Crippen molar-refractivity contribution in [3.63, 3.8) is 0 Å². The molecular weight excluding hydrogens is 400 g/mol. The lowest BCUT2D eigenvalue weighted by Gasteiger charge is -2.39. The summed E-state index contributed by atoms with van der Waals surface area (Å²) in [4.78, 5) is 14.8. The first kappa shape index (κ1) is 20.2.